The highest BCUT2D eigenvalue weighted by atomic mass is 32.2. The number of thioether (sulfide) groups is 1. The molecular weight excluding hydrogens is 291 g/mol. The largest absolute Gasteiger partial charge is 0.446 e. The highest BCUT2D eigenvalue weighted by molar-refractivity contribution is 8.00. The molecule has 7 heteroatoms. The number of nitrogens with one attached hydrogen (secondary N) is 1. The Hall–Kier alpha value is -1.21. The maximum absolute atomic E-state index is 12.2. The summed E-state index contributed by atoms with van der Waals surface area (Å²) in [5.41, 5.74) is -4.64. The van der Waals surface area contributed by atoms with Gasteiger partial charge in [-0.05, 0) is 56.3 Å². The first kappa shape index (κ1) is 16.8. The molecule has 0 aromatic heterocycles. The van der Waals surface area contributed by atoms with Crippen molar-refractivity contribution in [3.8, 4) is 0 Å². The molecule has 0 saturated carbocycles. The van der Waals surface area contributed by atoms with Crippen LogP contribution in [0.1, 0.15) is 30.6 Å². The third kappa shape index (κ3) is 5.83. The van der Waals surface area contributed by atoms with E-state index >= 15 is 0 Å². The van der Waals surface area contributed by atoms with Crippen molar-refractivity contribution in [2.24, 2.45) is 0 Å². The number of rotatable bonds is 5. The van der Waals surface area contributed by atoms with Gasteiger partial charge in [0.15, 0.2) is 0 Å². The van der Waals surface area contributed by atoms with E-state index in [-0.39, 0.29) is 34.7 Å². The van der Waals surface area contributed by atoms with Gasteiger partial charge in [0.2, 0.25) is 0 Å². The summed E-state index contributed by atoms with van der Waals surface area (Å²) in [6, 6.07) is 5.20. The Labute approximate surface area is 119 Å². The summed E-state index contributed by atoms with van der Waals surface area (Å²) in [7, 11) is 0. The first-order valence-corrected chi connectivity index (χ1v) is 6.74. The van der Waals surface area contributed by atoms with Crippen LogP contribution in [0.15, 0.2) is 29.2 Å². The summed E-state index contributed by atoms with van der Waals surface area (Å²) in [5.74, 6) is -0.382. The number of amides is 1. The van der Waals surface area contributed by atoms with E-state index in [2.05, 4.69) is 5.32 Å². The van der Waals surface area contributed by atoms with E-state index in [1.54, 1.807) is 13.8 Å². The van der Waals surface area contributed by atoms with Gasteiger partial charge in [-0.3, -0.25) is 4.79 Å². The number of aliphatic hydroxyl groups excluding tert-OH is 1. The van der Waals surface area contributed by atoms with Crippen molar-refractivity contribution >= 4 is 17.7 Å². The van der Waals surface area contributed by atoms with Crippen LogP contribution >= 0.6 is 11.8 Å². The second kappa shape index (κ2) is 6.49. The lowest BCUT2D eigenvalue weighted by atomic mass is 10.0. The lowest BCUT2D eigenvalue weighted by Crippen LogP contribution is -2.44. The van der Waals surface area contributed by atoms with Crippen molar-refractivity contribution in [1.82, 2.24) is 5.32 Å². The number of halogens is 3. The second-order valence-corrected chi connectivity index (χ2v) is 6.02. The van der Waals surface area contributed by atoms with E-state index in [9.17, 15) is 18.0 Å². The van der Waals surface area contributed by atoms with Crippen LogP contribution in [0.5, 0.6) is 0 Å². The number of carbonyl (C=O) groups is 1. The molecule has 0 aliphatic carbocycles. The highest BCUT2D eigenvalue weighted by Crippen LogP contribution is 2.36. The molecule has 3 nitrogen and oxygen atoms in total. The van der Waals surface area contributed by atoms with Crippen LogP contribution in [0, 0.1) is 0 Å². The fraction of sp³-hybridized carbons (Fsp3) is 0.462. The van der Waals surface area contributed by atoms with E-state index in [0.29, 0.717) is 6.42 Å². The van der Waals surface area contributed by atoms with E-state index in [1.165, 1.54) is 24.3 Å². The molecule has 20 heavy (non-hydrogen) atoms. The zero-order valence-corrected chi connectivity index (χ0v) is 11.9. The van der Waals surface area contributed by atoms with Gasteiger partial charge >= 0.3 is 5.51 Å². The number of hydrogen-bond donors (Lipinski definition) is 2. The van der Waals surface area contributed by atoms with E-state index in [4.69, 9.17) is 5.11 Å². The summed E-state index contributed by atoms with van der Waals surface area (Å²) >= 11 is -0.222. The van der Waals surface area contributed by atoms with Crippen molar-refractivity contribution < 1.29 is 23.1 Å². The fourth-order valence-corrected chi connectivity index (χ4v) is 2.07. The maximum atomic E-state index is 12.2. The second-order valence-electron chi connectivity index (χ2n) is 4.88. The third-order valence-corrected chi connectivity index (χ3v) is 3.28. The summed E-state index contributed by atoms with van der Waals surface area (Å²) in [5, 5.41) is 11.6. The van der Waals surface area contributed by atoms with Crippen LogP contribution in [0.4, 0.5) is 13.2 Å². The molecular formula is C13H16F3NO2S. The van der Waals surface area contributed by atoms with Crippen LogP contribution in [-0.2, 0) is 0 Å². The topological polar surface area (TPSA) is 49.3 Å². The van der Waals surface area contributed by atoms with Gasteiger partial charge in [-0.1, -0.05) is 0 Å². The van der Waals surface area contributed by atoms with Crippen LogP contribution in [-0.4, -0.2) is 28.7 Å². The molecule has 0 unspecified atom stereocenters. The van der Waals surface area contributed by atoms with Crippen LogP contribution < -0.4 is 5.32 Å². The molecule has 0 atom stereocenters. The van der Waals surface area contributed by atoms with Crippen molar-refractivity contribution in [1.29, 1.82) is 0 Å². The summed E-state index contributed by atoms with van der Waals surface area (Å²) in [6.45, 7) is 3.46. The molecule has 112 valence electrons. The van der Waals surface area contributed by atoms with Crippen LogP contribution in [0.3, 0.4) is 0 Å². The van der Waals surface area contributed by atoms with Crippen molar-refractivity contribution in [2.75, 3.05) is 6.61 Å². The molecule has 2 N–H and O–H groups in total. The first-order chi connectivity index (χ1) is 9.13. The first-order valence-electron chi connectivity index (χ1n) is 5.92. The Morgan fingerprint density at radius 2 is 1.80 bits per heavy atom. The van der Waals surface area contributed by atoms with E-state index in [0.717, 1.165) is 0 Å². The molecule has 0 aliphatic rings. The number of benzene rings is 1. The van der Waals surface area contributed by atoms with Crippen molar-refractivity contribution in [2.45, 2.75) is 36.2 Å². The predicted octanol–water partition coefficient (Wildman–Crippen LogP) is 3.19. The molecule has 1 aromatic rings. The maximum Gasteiger partial charge on any atom is 0.446 e. The molecule has 1 rings (SSSR count). The molecule has 0 fully saturated rings. The zero-order valence-electron chi connectivity index (χ0n) is 11.1. The van der Waals surface area contributed by atoms with E-state index in [1.807, 2.05) is 0 Å². The summed E-state index contributed by atoms with van der Waals surface area (Å²) < 4.78 is 36.5. The van der Waals surface area contributed by atoms with Gasteiger partial charge in [0.25, 0.3) is 5.91 Å². The lowest BCUT2D eigenvalue weighted by molar-refractivity contribution is -0.0328. The molecule has 0 aliphatic heterocycles. The van der Waals surface area contributed by atoms with Gasteiger partial charge in [-0.2, -0.15) is 13.2 Å². The molecule has 0 radical (unpaired) electrons. The molecule has 1 amide bonds. The molecule has 0 bridgehead atoms. The standard InChI is InChI=1S/C13H16F3NO2S/c1-12(2,7-8-18)17-11(19)9-3-5-10(6-4-9)20-13(14,15)16/h3-6,18H,7-8H2,1-2H3,(H,17,19). The monoisotopic (exact) mass is 307 g/mol. The minimum atomic E-state index is -4.34. The molecule has 0 heterocycles. The Balaban J connectivity index is 2.71. The Morgan fingerprint density at radius 3 is 2.25 bits per heavy atom. The van der Waals surface area contributed by atoms with E-state index < -0.39 is 11.0 Å². The number of hydrogen-bond acceptors (Lipinski definition) is 3. The zero-order chi connectivity index (χ0) is 15.4. The summed E-state index contributed by atoms with van der Waals surface area (Å²) in [4.78, 5) is 11.9. The van der Waals surface area contributed by atoms with Gasteiger partial charge in [-0.25, -0.2) is 0 Å². The predicted molar refractivity (Wildman–Crippen MR) is 71.6 cm³/mol. The van der Waals surface area contributed by atoms with Gasteiger partial charge < -0.3 is 10.4 Å². The normalized spacial score (nSPS) is 12.3. The fourth-order valence-electron chi connectivity index (χ4n) is 1.53. The van der Waals surface area contributed by atoms with Crippen LogP contribution in [0.2, 0.25) is 0 Å². The smallest absolute Gasteiger partial charge is 0.396 e. The van der Waals surface area contributed by atoms with Gasteiger partial charge in [-0.15, -0.1) is 0 Å². The molecule has 0 saturated heterocycles. The third-order valence-electron chi connectivity index (χ3n) is 2.54. The minimum absolute atomic E-state index is 0.0312. The Kier molecular flexibility index (Phi) is 5.47. The quantitative estimate of drug-likeness (QED) is 0.821. The Bertz CT molecular complexity index is 458. The minimum Gasteiger partial charge on any atom is -0.396 e. The SMILES string of the molecule is CC(C)(CCO)NC(=O)c1ccc(SC(F)(F)F)cc1. The lowest BCUT2D eigenvalue weighted by Gasteiger charge is -2.25. The average Bonchev–Trinajstić information content (AvgIpc) is 2.26. The number of carbonyl (C=O) groups excluding carboxylic acids is 1. The van der Waals surface area contributed by atoms with Gasteiger partial charge in [0.1, 0.15) is 0 Å². The highest BCUT2D eigenvalue weighted by Gasteiger charge is 2.29. The number of alkyl halides is 3. The van der Waals surface area contributed by atoms with Gasteiger partial charge in [0.05, 0.1) is 0 Å². The molecule has 1 aromatic carbocycles. The summed E-state index contributed by atoms with van der Waals surface area (Å²) in [6.07, 6.45) is 0.390. The van der Waals surface area contributed by atoms with Crippen molar-refractivity contribution in [3.05, 3.63) is 29.8 Å². The molecule has 0 spiro atoms. The average molecular weight is 307 g/mol. The Morgan fingerprint density at radius 1 is 1.25 bits per heavy atom. The number of aliphatic hydroxyl groups is 1. The van der Waals surface area contributed by atoms with Crippen LogP contribution in [0.25, 0.3) is 0 Å². The van der Waals surface area contributed by atoms with Crippen molar-refractivity contribution in [3.63, 3.8) is 0 Å². The van der Waals surface area contributed by atoms with Gasteiger partial charge in [0, 0.05) is 22.6 Å².